The molecule has 0 spiro atoms. The number of halogens is 1. The lowest BCUT2D eigenvalue weighted by Crippen LogP contribution is -2.71. The number of fused-ring (bicyclic) bond motifs is 1. The van der Waals surface area contributed by atoms with E-state index in [0.29, 0.717) is 27.7 Å². The number of amides is 2. The van der Waals surface area contributed by atoms with E-state index in [4.69, 9.17) is 17.3 Å². The van der Waals surface area contributed by atoms with Crippen molar-refractivity contribution < 1.29 is 34.6 Å². The number of oxime groups is 1. The second-order valence-corrected chi connectivity index (χ2v) is 13.2. The number of nitrogens with two attached hydrogens (primary N) is 1. The van der Waals surface area contributed by atoms with Crippen molar-refractivity contribution >= 4 is 85.9 Å². The number of rotatable bonds is 10. The number of nitrogens with zero attached hydrogens (tertiary/aromatic N) is 4. The number of thiazole rings is 1. The SMILES string of the molecule is Nc1nc(/C(=N/O)C(=O)N[C@@H]2C(=O)N3C(C(=O)[O-])=C(Sc4ccncc4CS(=O)CC[NH3+])CS[C@H]23)c(Cl)s1. The number of pyridine rings is 1. The highest BCUT2D eigenvalue weighted by Gasteiger charge is 2.53. The number of nitrogens with one attached hydrogen (secondary N) is 1. The highest BCUT2D eigenvalue weighted by Crippen LogP contribution is 2.45. The monoisotopic (exact) mass is 617 g/mol. The zero-order chi connectivity index (χ0) is 27.6. The predicted molar refractivity (Wildman–Crippen MR) is 141 cm³/mol. The maximum absolute atomic E-state index is 13.0. The average molecular weight is 618 g/mol. The zero-order valence-electron chi connectivity index (χ0n) is 19.3. The topological polar surface area (TPSA) is 219 Å². The van der Waals surface area contributed by atoms with Gasteiger partial charge in [-0.05, 0) is 11.6 Å². The van der Waals surface area contributed by atoms with Gasteiger partial charge in [0.1, 0.15) is 21.4 Å². The summed E-state index contributed by atoms with van der Waals surface area (Å²) in [4.78, 5) is 47.9. The van der Waals surface area contributed by atoms with Gasteiger partial charge in [-0.3, -0.25) is 23.7 Å². The molecule has 2 amide bonds. The smallest absolute Gasteiger partial charge is 0.276 e. The lowest BCUT2D eigenvalue weighted by molar-refractivity contribution is -0.360. The van der Waals surface area contributed by atoms with Crippen LogP contribution in [0.5, 0.6) is 0 Å². The second kappa shape index (κ2) is 12.0. The van der Waals surface area contributed by atoms with Crippen molar-refractivity contribution in [2.24, 2.45) is 5.16 Å². The molecule has 0 saturated carbocycles. The van der Waals surface area contributed by atoms with Crippen molar-refractivity contribution in [3.8, 4) is 0 Å². The van der Waals surface area contributed by atoms with Gasteiger partial charge < -0.3 is 31.9 Å². The molecule has 4 heterocycles. The number of anilines is 1. The van der Waals surface area contributed by atoms with Crippen LogP contribution >= 0.6 is 46.5 Å². The third-order valence-corrected chi connectivity index (χ3v) is 10.5. The van der Waals surface area contributed by atoms with Crippen molar-refractivity contribution in [1.29, 1.82) is 0 Å². The van der Waals surface area contributed by atoms with Crippen LogP contribution in [0.15, 0.2) is 39.1 Å². The Morgan fingerprint density at radius 1 is 1.47 bits per heavy atom. The number of quaternary nitrogens is 1. The molecule has 1 fully saturated rings. The first-order chi connectivity index (χ1) is 18.2. The van der Waals surface area contributed by atoms with E-state index in [9.17, 15) is 28.9 Å². The molecule has 38 heavy (non-hydrogen) atoms. The molecule has 4 rings (SSSR count). The fourth-order valence-corrected chi connectivity index (χ4v) is 8.32. The van der Waals surface area contributed by atoms with Gasteiger partial charge in [0.25, 0.3) is 11.8 Å². The molecular weight excluding hydrogens is 598 g/mol. The average Bonchev–Trinajstić information content (AvgIpc) is 3.21. The number of carboxylic acids is 1. The molecule has 7 N–H and O–H groups in total. The molecule has 1 saturated heterocycles. The minimum atomic E-state index is -1.55. The molecule has 2 aliphatic heterocycles. The summed E-state index contributed by atoms with van der Waals surface area (Å²) in [5.74, 6) is -2.31. The van der Waals surface area contributed by atoms with E-state index in [1.807, 2.05) is 0 Å². The summed E-state index contributed by atoms with van der Waals surface area (Å²) >= 11 is 9.25. The molecule has 0 bridgehead atoms. The summed E-state index contributed by atoms with van der Waals surface area (Å²) in [5.41, 5.74) is 8.98. The second-order valence-electron chi connectivity index (χ2n) is 7.77. The van der Waals surface area contributed by atoms with Gasteiger partial charge in [-0.2, -0.15) is 0 Å². The number of aliphatic carboxylic acids is 1. The number of carboxylic acid groups (broad SMARTS) is 1. The van der Waals surface area contributed by atoms with Gasteiger partial charge in [-0.25, -0.2) is 4.98 Å². The van der Waals surface area contributed by atoms with Crippen molar-refractivity contribution in [2.45, 2.75) is 22.1 Å². The van der Waals surface area contributed by atoms with Crippen LogP contribution in [0.4, 0.5) is 5.13 Å². The van der Waals surface area contributed by atoms with Crippen LogP contribution < -0.4 is 21.9 Å². The van der Waals surface area contributed by atoms with Gasteiger partial charge in [-0.1, -0.05) is 39.9 Å². The molecule has 1 unspecified atom stereocenters. The minimum Gasteiger partial charge on any atom is -0.543 e. The lowest BCUT2D eigenvalue weighted by Gasteiger charge is -2.50. The van der Waals surface area contributed by atoms with Crippen LogP contribution in [0.25, 0.3) is 0 Å². The van der Waals surface area contributed by atoms with E-state index in [0.717, 1.165) is 28.0 Å². The van der Waals surface area contributed by atoms with Crippen LogP contribution in [0.2, 0.25) is 4.34 Å². The predicted octanol–water partition coefficient (Wildman–Crippen LogP) is -1.40. The number of hydrogen-bond acceptors (Lipinski definition) is 13. The molecule has 3 atom stereocenters. The third kappa shape index (κ3) is 5.67. The van der Waals surface area contributed by atoms with Crippen LogP contribution in [0.1, 0.15) is 11.3 Å². The molecule has 0 aliphatic carbocycles. The summed E-state index contributed by atoms with van der Waals surface area (Å²) in [6.07, 6.45) is 3.11. The van der Waals surface area contributed by atoms with Gasteiger partial charge in [-0.15, -0.1) is 11.8 Å². The fourth-order valence-electron chi connectivity index (χ4n) is 3.69. The van der Waals surface area contributed by atoms with E-state index < -0.39 is 45.7 Å². The van der Waals surface area contributed by atoms with Crippen molar-refractivity contribution in [3.63, 3.8) is 0 Å². The highest BCUT2D eigenvalue weighted by atomic mass is 35.5. The fraction of sp³-hybridized carbons (Fsp3) is 0.300. The van der Waals surface area contributed by atoms with Crippen LogP contribution in [0, 0.1) is 0 Å². The molecule has 2 aromatic rings. The van der Waals surface area contributed by atoms with Crippen LogP contribution in [-0.2, 0) is 30.9 Å². The van der Waals surface area contributed by atoms with Gasteiger partial charge in [0, 0.05) is 38.7 Å². The summed E-state index contributed by atoms with van der Waals surface area (Å²) in [7, 11) is -1.16. The molecule has 2 aromatic heterocycles. The van der Waals surface area contributed by atoms with Crippen LogP contribution in [-0.4, -0.2) is 77.2 Å². The molecule has 202 valence electrons. The van der Waals surface area contributed by atoms with Gasteiger partial charge in [0.15, 0.2) is 10.8 Å². The Morgan fingerprint density at radius 2 is 2.24 bits per heavy atom. The molecular formula is C20H20ClN7O6S4. The number of carbonyl (C=O) groups excluding carboxylic acids is 3. The number of β-lactam (4-membered cyclic amide) rings is 1. The van der Waals surface area contributed by atoms with Gasteiger partial charge in [0.05, 0.1) is 29.7 Å². The Labute approximate surface area is 235 Å². The van der Waals surface area contributed by atoms with E-state index in [2.05, 4.69) is 26.2 Å². The molecule has 13 nitrogen and oxygen atoms in total. The number of hydrogen-bond donors (Lipinski definition) is 4. The van der Waals surface area contributed by atoms with E-state index >= 15 is 0 Å². The maximum Gasteiger partial charge on any atom is 0.276 e. The van der Waals surface area contributed by atoms with E-state index in [1.54, 1.807) is 12.3 Å². The Hall–Kier alpha value is -2.70. The van der Waals surface area contributed by atoms with Crippen molar-refractivity contribution in [3.05, 3.63) is 44.7 Å². The normalized spacial score (nSPS) is 20.1. The molecule has 2 aliphatic rings. The quantitative estimate of drug-likeness (QED) is 0.105. The third-order valence-electron chi connectivity index (χ3n) is 5.34. The number of aromatic nitrogens is 2. The summed E-state index contributed by atoms with van der Waals surface area (Å²) < 4.78 is 12.3. The first-order valence-corrected chi connectivity index (χ1v) is 15.3. The first kappa shape index (κ1) is 28.3. The molecule has 18 heteroatoms. The Morgan fingerprint density at radius 3 is 2.87 bits per heavy atom. The van der Waals surface area contributed by atoms with Gasteiger partial charge in [0.2, 0.25) is 0 Å². The Bertz CT molecular complexity index is 1380. The van der Waals surface area contributed by atoms with E-state index in [1.165, 1.54) is 18.0 Å². The highest BCUT2D eigenvalue weighted by molar-refractivity contribution is 8.06. The molecule has 0 aromatic carbocycles. The van der Waals surface area contributed by atoms with Gasteiger partial charge >= 0.3 is 0 Å². The molecule has 0 radical (unpaired) electrons. The van der Waals surface area contributed by atoms with Crippen molar-refractivity contribution in [1.82, 2.24) is 20.2 Å². The van der Waals surface area contributed by atoms with Crippen LogP contribution in [0.3, 0.4) is 0 Å². The van der Waals surface area contributed by atoms with E-state index in [-0.39, 0.29) is 32.4 Å². The summed E-state index contributed by atoms with van der Waals surface area (Å²) in [6.45, 7) is 0.513. The first-order valence-electron chi connectivity index (χ1n) is 10.8. The number of thioether (sulfide) groups is 2. The summed E-state index contributed by atoms with van der Waals surface area (Å²) in [5, 5.41) is 26.2. The maximum atomic E-state index is 13.0. The number of carbonyl (C=O) groups is 3. The Balaban J connectivity index is 1.54. The zero-order valence-corrected chi connectivity index (χ0v) is 23.3. The lowest BCUT2D eigenvalue weighted by atomic mass is 10.0. The summed E-state index contributed by atoms with van der Waals surface area (Å²) in [6, 6.07) is 0.590. The van der Waals surface area contributed by atoms with Crippen molar-refractivity contribution in [2.75, 3.05) is 23.8 Å². The number of nitrogen functional groups attached to an aromatic ring is 1. The Kier molecular flexibility index (Phi) is 8.94. The standard InChI is InChI=1S/C20H20ClN7O6S4/c21-15-11(26-20(23)37-15)12(27-33)16(29)25-13-17(30)28-14(19(31)32)10(6-35-18(13)28)36-9-1-3-24-5-8(9)7-38(34)4-2-22/h1,3,5,13,18,33H,2,4,6-7,22H2,(H2,23,26)(H,25,29)(H,31,32)/b27-12-/t13-,18-,38?/m1/s1. The largest absolute Gasteiger partial charge is 0.543 e. The minimum absolute atomic E-state index is 0.0218.